The van der Waals surface area contributed by atoms with Crippen LogP contribution in [0.5, 0.6) is 0 Å². The number of anilines is 1. The van der Waals surface area contributed by atoms with Gasteiger partial charge in [-0.05, 0) is 49.4 Å². The molecule has 2 saturated carbocycles. The van der Waals surface area contributed by atoms with Crippen molar-refractivity contribution in [1.82, 2.24) is 4.31 Å². The van der Waals surface area contributed by atoms with Crippen LogP contribution in [0.3, 0.4) is 0 Å². The normalized spacial score (nSPS) is 22.2. The summed E-state index contributed by atoms with van der Waals surface area (Å²) in [4.78, 5) is 13.8. The quantitative estimate of drug-likeness (QED) is 0.849. The van der Waals surface area contributed by atoms with Gasteiger partial charge >= 0.3 is 0 Å². The molecule has 1 aromatic rings. The molecule has 0 aromatic heterocycles. The molecule has 0 N–H and O–H groups in total. The average Bonchev–Trinajstić information content (AvgIpc) is 3.10. The van der Waals surface area contributed by atoms with Gasteiger partial charge in [-0.3, -0.25) is 4.79 Å². The lowest BCUT2D eigenvalue weighted by atomic mass is 10.2. The van der Waals surface area contributed by atoms with Gasteiger partial charge in [-0.25, -0.2) is 8.42 Å². The first-order valence-corrected chi connectivity index (χ1v) is 9.85. The lowest BCUT2D eigenvalue weighted by Crippen LogP contribution is -2.40. The molecule has 124 valence electrons. The van der Waals surface area contributed by atoms with Gasteiger partial charge in [-0.1, -0.05) is 12.8 Å². The van der Waals surface area contributed by atoms with Crippen molar-refractivity contribution >= 4 is 21.6 Å². The fourth-order valence-electron chi connectivity index (χ4n) is 3.91. The Morgan fingerprint density at radius 1 is 1.09 bits per heavy atom. The highest BCUT2D eigenvalue weighted by molar-refractivity contribution is 7.89. The number of sulfonamides is 1. The number of nitrogens with zero attached hydrogens (tertiary/aromatic N) is 2. The van der Waals surface area contributed by atoms with Crippen LogP contribution in [-0.4, -0.2) is 37.8 Å². The minimum absolute atomic E-state index is 0.0180. The summed E-state index contributed by atoms with van der Waals surface area (Å²) in [5.41, 5.74) is 1.65. The van der Waals surface area contributed by atoms with Crippen LogP contribution in [0.4, 0.5) is 5.69 Å². The second-order valence-corrected chi connectivity index (χ2v) is 8.77. The summed E-state index contributed by atoms with van der Waals surface area (Å²) in [6.45, 7) is 0. The van der Waals surface area contributed by atoms with Crippen molar-refractivity contribution in [2.75, 3.05) is 11.9 Å². The zero-order chi connectivity index (χ0) is 16.2. The summed E-state index contributed by atoms with van der Waals surface area (Å²) in [6, 6.07) is 5.47. The number of benzene rings is 1. The van der Waals surface area contributed by atoms with E-state index in [4.69, 9.17) is 0 Å². The number of amides is 1. The predicted molar refractivity (Wildman–Crippen MR) is 87.9 cm³/mol. The summed E-state index contributed by atoms with van der Waals surface area (Å²) < 4.78 is 28.2. The van der Waals surface area contributed by atoms with E-state index in [1.807, 2.05) is 0 Å². The molecule has 5 nitrogen and oxygen atoms in total. The van der Waals surface area contributed by atoms with E-state index in [0.29, 0.717) is 11.3 Å². The van der Waals surface area contributed by atoms with Crippen molar-refractivity contribution in [3.63, 3.8) is 0 Å². The Balaban J connectivity index is 1.71. The highest BCUT2D eigenvalue weighted by Gasteiger charge is 2.43. The van der Waals surface area contributed by atoms with E-state index in [-0.39, 0.29) is 18.0 Å². The van der Waals surface area contributed by atoms with Gasteiger partial charge in [0, 0.05) is 24.8 Å². The van der Waals surface area contributed by atoms with Gasteiger partial charge in [0.1, 0.15) is 0 Å². The fourth-order valence-corrected chi connectivity index (χ4v) is 5.89. The van der Waals surface area contributed by atoms with Crippen LogP contribution in [0.25, 0.3) is 0 Å². The maximum absolute atomic E-state index is 13.2. The van der Waals surface area contributed by atoms with Gasteiger partial charge in [0.2, 0.25) is 15.9 Å². The Morgan fingerprint density at radius 2 is 1.74 bits per heavy atom. The van der Waals surface area contributed by atoms with Gasteiger partial charge in [-0.15, -0.1) is 0 Å². The van der Waals surface area contributed by atoms with E-state index in [0.717, 1.165) is 49.8 Å². The molecule has 1 heterocycles. The van der Waals surface area contributed by atoms with Crippen LogP contribution in [0, 0.1) is 0 Å². The lowest BCUT2D eigenvalue weighted by molar-refractivity contribution is -0.117. The molecule has 0 atom stereocenters. The highest BCUT2D eigenvalue weighted by atomic mass is 32.2. The summed E-state index contributed by atoms with van der Waals surface area (Å²) in [5, 5.41) is 0. The Labute approximate surface area is 137 Å². The number of likely N-dealkylation sites (N-methyl/N-ethyl adjacent to an activating group) is 1. The molecule has 0 spiro atoms. The van der Waals surface area contributed by atoms with Crippen LogP contribution < -0.4 is 4.90 Å². The third-order valence-corrected chi connectivity index (χ3v) is 7.30. The number of rotatable bonds is 4. The fraction of sp³-hybridized carbons (Fsp3) is 0.588. The number of carbonyl (C=O) groups excluding carboxylic acids is 1. The summed E-state index contributed by atoms with van der Waals surface area (Å²) in [7, 11) is -1.74. The minimum atomic E-state index is -3.47. The maximum Gasteiger partial charge on any atom is 0.243 e. The molecule has 1 aliphatic heterocycles. The average molecular weight is 334 g/mol. The Hall–Kier alpha value is -1.40. The molecular formula is C17H22N2O3S. The number of fused-ring (bicyclic) bond motifs is 1. The molecule has 23 heavy (non-hydrogen) atoms. The molecule has 0 radical (unpaired) electrons. The van der Waals surface area contributed by atoms with E-state index in [9.17, 15) is 13.2 Å². The number of hydrogen-bond donors (Lipinski definition) is 0. The van der Waals surface area contributed by atoms with E-state index in [1.54, 1.807) is 34.5 Å². The first kappa shape index (κ1) is 15.1. The summed E-state index contributed by atoms with van der Waals surface area (Å²) in [5.74, 6) is 0.0180. The van der Waals surface area contributed by atoms with E-state index in [2.05, 4.69) is 0 Å². The van der Waals surface area contributed by atoms with Crippen molar-refractivity contribution in [2.45, 2.75) is 61.9 Å². The summed E-state index contributed by atoms with van der Waals surface area (Å²) >= 11 is 0. The Bertz CT molecular complexity index is 749. The number of hydrogen-bond acceptors (Lipinski definition) is 3. The highest BCUT2D eigenvalue weighted by Crippen LogP contribution is 2.39. The maximum atomic E-state index is 13.2. The SMILES string of the molecule is CN1C(=O)Cc2cc(S(=O)(=O)N(C3CCCC3)C3CC3)ccc21. The van der Waals surface area contributed by atoms with Crippen LogP contribution in [0.2, 0.25) is 0 Å². The molecule has 6 heteroatoms. The first-order chi connectivity index (χ1) is 11.0. The van der Waals surface area contributed by atoms with Gasteiger partial charge < -0.3 is 4.90 Å². The van der Waals surface area contributed by atoms with Crippen LogP contribution in [0.15, 0.2) is 23.1 Å². The smallest absolute Gasteiger partial charge is 0.243 e. The molecule has 0 bridgehead atoms. The number of carbonyl (C=O) groups is 1. The molecular weight excluding hydrogens is 312 g/mol. The molecule has 2 aliphatic carbocycles. The van der Waals surface area contributed by atoms with Crippen molar-refractivity contribution in [3.05, 3.63) is 23.8 Å². The predicted octanol–water partition coefficient (Wildman–Crippen LogP) is 2.30. The second-order valence-electron chi connectivity index (χ2n) is 6.92. The Kier molecular flexibility index (Phi) is 3.50. The largest absolute Gasteiger partial charge is 0.315 e. The van der Waals surface area contributed by atoms with E-state index < -0.39 is 10.0 Å². The van der Waals surface area contributed by atoms with Gasteiger partial charge in [0.15, 0.2) is 0 Å². The summed E-state index contributed by atoms with van der Waals surface area (Å²) in [6.07, 6.45) is 6.43. The van der Waals surface area contributed by atoms with Crippen LogP contribution in [-0.2, 0) is 21.2 Å². The minimum Gasteiger partial charge on any atom is -0.315 e. The third-order valence-electron chi connectivity index (χ3n) is 5.29. The van der Waals surface area contributed by atoms with Crippen molar-refractivity contribution < 1.29 is 13.2 Å². The molecule has 2 fully saturated rings. The van der Waals surface area contributed by atoms with Gasteiger partial charge in [-0.2, -0.15) is 4.31 Å². The van der Waals surface area contributed by atoms with E-state index in [1.165, 1.54) is 0 Å². The molecule has 0 saturated heterocycles. The standard InChI is InChI=1S/C17H22N2O3S/c1-18-16-9-8-15(10-12(16)11-17(18)20)23(21,22)19(14-6-7-14)13-4-2-3-5-13/h8-10,13-14H,2-7,11H2,1H3. The zero-order valence-electron chi connectivity index (χ0n) is 13.4. The second kappa shape index (κ2) is 5.31. The monoisotopic (exact) mass is 334 g/mol. The van der Waals surface area contributed by atoms with Crippen molar-refractivity contribution in [2.24, 2.45) is 0 Å². The van der Waals surface area contributed by atoms with E-state index >= 15 is 0 Å². The molecule has 0 unspecified atom stereocenters. The third kappa shape index (κ3) is 2.48. The Morgan fingerprint density at radius 3 is 2.39 bits per heavy atom. The van der Waals surface area contributed by atoms with Gasteiger partial charge in [0.25, 0.3) is 0 Å². The van der Waals surface area contributed by atoms with Crippen LogP contribution >= 0.6 is 0 Å². The zero-order valence-corrected chi connectivity index (χ0v) is 14.2. The first-order valence-electron chi connectivity index (χ1n) is 8.41. The lowest BCUT2D eigenvalue weighted by Gasteiger charge is -2.28. The van der Waals surface area contributed by atoms with Crippen LogP contribution in [0.1, 0.15) is 44.1 Å². The molecule has 1 amide bonds. The molecule has 3 aliphatic rings. The van der Waals surface area contributed by atoms with Gasteiger partial charge in [0.05, 0.1) is 11.3 Å². The van der Waals surface area contributed by atoms with Crippen molar-refractivity contribution in [1.29, 1.82) is 0 Å². The van der Waals surface area contributed by atoms with Crippen molar-refractivity contribution in [3.8, 4) is 0 Å². The molecule has 4 rings (SSSR count). The topological polar surface area (TPSA) is 57.7 Å². The molecule has 1 aromatic carbocycles.